The van der Waals surface area contributed by atoms with Gasteiger partial charge in [0.25, 0.3) is 0 Å². The largest absolute Gasteiger partial charge is 0.486 e. The molecule has 33 heavy (non-hydrogen) atoms. The molecule has 1 saturated heterocycles. The Morgan fingerprint density at radius 2 is 1.61 bits per heavy atom. The maximum Gasteiger partial charge on any atom is 0.225 e. The molecule has 4 heterocycles. The summed E-state index contributed by atoms with van der Waals surface area (Å²) < 4.78 is 11.4. The maximum absolute atomic E-state index is 5.74. The van der Waals surface area contributed by atoms with Gasteiger partial charge in [0.2, 0.25) is 5.95 Å². The van der Waals surface area contributed by atoms with E-state index >= 15 is 0 Å². The SMILES string of the molecule is c1ccc(N2CCN(c3ncc4c(n3)CCN(Cc3ccc5c(c3)OCCO5)C4)CC2)cc1. The third kappa shape index (κ3) is 4.33. The molecule has 0 N–H and O–H groups in total. The van der Waals surface area contributed by atoms with E-state index in [9.17, 15) is 0 Å². The van der Waals surface area contributed by atoms with E-state index in [1.54, 1.807) is 0 Å². The van der Waals surface area contributed by atoms with Gasteiger partial charge in [0, 0.05) is 69.7 Å². The van der Waals surface area contributed by atoms with E-state index in [4.69, 9.17) is 19.4 Å². The Labute approximate surface area is 194 Å². The van der Waals surface area contributed by atoms with Crippen LogP contribution >= 0.6 is 0 Å². The summed E-state index contributed by atoms with van der Waals surface area (Å²) in [6, 6.07) is 16.9. The topological polar surface area (TPSA) is 54.0 Å². The molecule has 1 fully saturated rings. The van der Waals surface area contributed by atoms with Gasteiger partial charge in [-0.25, -0.2) is 9.97 Å². The molecule has 6 rings (SSSR count). The summed E-state index contributed by atoms with van der Waals surface area (Å²) in [6.45, 7) is 7.90. The summed E-state index contributed by atoms with van der Waals surface area (Å²) in [5.41, 5.74) is 4.98. The molecule has 3 aliphatic rings. The van der Waals surface area contributed by atoms with Crippen molar-refractivity contribution >= 4 is 11.6 Å². The number of aromatic nitrogens is 2. The number of nitrogens with zero attached hydrogens (tertiary/aromatic N) is 5. The van der Waals surface area contributed by atoms with Crippen LogP contribution in [0.4, 0.5) is 11.6 Å². The van der Waals surface area contributed by atoms with Crippen molar-refractivity contribution in [3.05, 3.63) is 71.5 Å². The molecule has 0 saturated carbocycles. The van der Waals surface area contributed by atoms with Crippen LogP contribution in [-0.2, 0) is 19.5 Å². The number of anilines is 2. The highest BCUT2D eigenvalue weighted by Gasteiger charge is 2.23. The Hall–Kier alpha value is -3.32. The molecule has 0 aliphatic carbocycles. The van der Waals surface area contributed by atoms with E-state index in [-0.39, 0.29) is 0 Å². The molecule has 7 heteroatoms. The first kappa shape index (κ1) is 20.3. The zero-order valence-electron chi connectivity index (χ0n) is 18.8. The molecule has 2 aromatic carbocycles. The zero-order chi connectivity index (χ0) is 22.0. The Morgan fingerprint density at radius 1 is 0.818 bits per heavy atom. The lowest BCUT2D eigenvalue weighted by Gasteiger charge is -2.36. The number of rotatable bonds is 4. The Balaban J connectivity index is 1.08. The van der Waals surface area contributed by atoms with Crippen LogP contribution in [0.1, 0.15) is 16.8 Å². The third-order valence-electron chi connectivity index (χ3n) is 6.70. The van der Waals surface area contributed by atoms with Crippen LogP contribution in [0.25, 0.3) is 0 Å². The van der Waals surface area contributed by atoms with Gasteiger partial charge in [-0.15, -0.1) is 0 Å². The first-order valence-corrected chi connectivity index (χ1v) is 11.8. The van der Waals surface area contributed by atoms with E-state index in [0.29, 0.717) is 13.2 Å². The van der Waals surface area contributed by atoms with Gasteiger partial charge >= 0.3 is 0 Å². The molecule has 0 radical (unpaired) electrons. The number of hydrogen-bond donors (Lipinski definition) is 0. The average Bonchev–Trinajstić information content (AvgIpc) is 2.89. The second-order valence-corrected chi connectivity index (χ2v) is 8.89. The second-order valence-electron chi connectivity index (χ2n) is 8.89. The predicted molar refractivity (Wildman–Crippen MR) is 128 cm³/mol. The highest BCUT2D eigenvalue weighted by molar-refractivity contribution is 5.48. The average molecular weight is 444 g/mol. The molecule has 0 amide bonds. The van der Waals surface area contributed by atoms with Crippen LogP contribution in [0.5, 0.6) is 11.5 Å². The summed E-state index contributed by atoms with van der Waals surface area (Å²) >= 11 is 0. The summed E-state index contributed by atoms with van der Waals surface area (Å²) in [4.78, 5) is 16.9. The van der Waals surface area contributed by atoms with Crippen molar-refractivity contribution in [1.82, 2.24) is 14.9 Å². The number of hydrogen-bond acceptors (Lipinski definition) is 7. The number of para-hydroxylation sites is 1. The fourth-order valence-corrected chi connectivity index (χ4v) is 4.90. The Bertz CT molecular complexity index is 1110. The van der Waals surface area contributed by atoms with E-state index in [2.05, 4.69) is 57.2 Å². The zero-order valence-corrected chi connectivity index (χ0v) is 18.8. The first-order valence-electron chi connectivity index (χ1n) is 11.8. The van der Waals surface area contributed by atoms with Crippen molar-refractivity contribution in [3.8, 4) is 11.5 Å². The Kier molecular flexibility index (Phi) is 5.48. The summed E-state index contributed by atoms with van der Waals surface area (Å²) in [7, 11) is 0. The molecular weight excluding hydrogens is 414 g/mol. The van der Waals surface area contributed by atoms with E-state index < -0.39 is 0 Å². The molecule has 3 aliphatic heterocycles. The monoisotopic (exact) mass is 443 g/mol. The van der Waals surface area contributed by atoms with E-state index in [0.717, 1.165) is 69.7 Å². The quantitative estimate of drug-likeness (QED) is 0.614. The molecule has 0 spiro atoms. The van der Waals surface area contributed by atoms with Gasteiger partial charge in [-0.2, -0.15) is 0 Å². The lowest BCUT2D eigenvalue weighted by atomic mass is 10.1. The molecule has 0 unspecified atom stereocenters. The van der Waals surface area contributed by atoms with Crippen molar-refractivity contribution in [2.75, 3.05) is 55.7 Å². The minimum atomic E-state index is 0.620. The van der Waals surface area contributed by atoms with Crippen molar-refractivity contribution in [2.45, 2.75) is 19.5 Å². The molecule has 1 aromatic heterocycles. The van der Waals surface area contributed by atoms with Crippen molar-refractivity contribution < 1.29 is 9.47 Å². The van der Waals surface area contributed by atoms with Gasteiger partial charge in [-0.05, 0) is 29.8 Å². The first-order chi connectivity index (χ1) is 16.3. The normalized spacial score (nSPS) is 18.2. The Morgan fingerprint density at radius 3 is 2.45 bits per heavy atom. The molecule has 0 atom stereocenters. The number of fused-ring (bicyclic) bond motifs is 2. The smallest absolute Gasteiger partial charge is 0.225 e. The van der Waals surface area contributed by atoms with E-state index in [1.807, 2.05) is 12.3 Å². The van der Waals surface area contributed by atoms with Crippen LogP contribution < -0.4 is 19.3 Å². The van der Waals surface area contributed by atoms with Gasteiger partial charge < -0.3 is 19.3 Å². The number of benzene rings is 2. The lowest BCUT2D eigenvalue weighted by Crippen LogP contribution is -2.47. The van der Waals surface area contributed by atoms with Crippen LogP contribution in [0.3, 0.4) is 0 Å². The van der Waals surface area contributed by atoms with Gasteiger partial charge in [0.05, 0.1) is 5.69 Å². The molecule has 170 valence electrons. The summed E-state index contributed by atoms with van der Waals surface area (Å²) in [6.07, 6.45) is 3.00. The van der Waals surface area contributed by atoms with Crippen LogP contribution in [0.15, 0.2) is 54.7 Å². The van der Waals surface area contributed by atoms with Crippen LogP contribution in [0, 0.1) is 0 Å². The number of ether oxygens (including phenoxy) is 2. The molecule has 3 aromatic rings. The summed E-state index contributed by atoms with van der Waals surface area (Å²) in [5.74, 6) is 2.58. The van der Waals surface area contributed by atoms with Crippen LogP contribution in [-0.4, -0.2) is 60.8 Å². The number of piperazine rings is 1. The minimum absolute atomic E-state index is 0.620. The lowest BCUT2D eigenvalue weighted by molar-refractivity contribution is 0.171. The van der Waals surface area contributed by atoms with Gasteiger partial charge in [-0.3, -0.25) is 4.90 Å². The van der Waals surface area contributed by atoms with Crippen LogP contribution in [0.2, 0.25) is 0 Å². The molecular formula is C26H29N5O2. The van der Waals surface area contributed by atoms with E-state index in [1.165, 1.54) is 22.5 Å². The third-order valence-corrected chi connectivity index (χ3v) is 6.70. The fraction of sp³-hybridized carbons (Fsp3) is 0.385. The molecule has 7 nitrogen and oxygen atoms in total. The summed E-state index contributed by atoms with van der Waals surface area (Å²) in [5, 5.41) is 0. The van der Waals surface area contributed by atoms with Crippen molar-refractivity contribution in [2.24, 2.45) is 0 Å². The minimum Gasteiger partial charge on any atom is -0.486 e. The maximum atomic E-state index is 5.74. The highest BCUT2D eigenvalue weighted by Crippen LogP contribution is 2.31. The standard InChI is InChI=1S/C26H29N5O2/c1-2-4-22(5-3-1)30-10-12-31(13-11-30)26-27-17-21-19-29(9-8-23(21)28-26)18-20-6-7-24-25(16-20)33-15-14-32-24/h1-7,16-17H,8-15,18-19H2. The van der Waals surface area contributed by atoms with Crippen molar-refractivity contribution in [3.63, 3.8) is 0 Å². The van der Waals surface area contributed by atoms with Gasteiger partial charge in [0.15, 0.2) is 11.5 Å². The van der Waals surface area contributed by atoms with Gasteiger partial charge in [-0.1, -0.05) is 24.3 Å². The molecule has 0 bridgehead atoms. The van der Waals surface area contributed by atoms with Crippen molar-refractivity contribution in [1.29, 1.82) is 0 Å². The van der Waals surface area contributed by atoms with Gasteiger partial charge in [0.1, 0.15) is 13.2 Å². The fourth-order valence-electron chi connectivity index (χ4n) is 4.90. The second kappa shape index (κ2) is 8.90. The highest BCUT2D eigenvalue weighted by atomic mass is 16.6. The predicted octanol–water partition coefficient (Wildman–Crippen LogP) is 3.13.